The van der Waals surface area contributed by atoms with Crippen molar-refractivity contribution in [1.82, 2.24) is 4.57 Å². The molecule has 1 aliphatic heterocycles. The van der Waals surface area contributed by atoms with Gasteiger partial charge in [-0.15, -0.1) is 18.3 Å². The van der Waals surface area contributed by atoms with Gasteiger partial charge in [-0.3, -0.25) is 9.36 Å². The molecule has 2 N–H and O–H groups in total. The van der Waals surface area contributed by atoms with Crippen molar-refractivity contribution in [1.29, 1.82) is 0 Å². The lowest BCUT2D eigenvalue weighted by molar-refractivity contribution is -0.138. The van der Waals surface area contributed by atoms with E-state index in [-0.39, 0.29) is 34.4 Å². The molecule has 0 fully saturated rings. The molecule has 1 aromatic heterocycles. The second-order valence-corrected chi connectivity index (χ2v) is 11.5. The molecule has 0 amide bonds. The van der Waals surface area contributed by atoms with Gasteiger partial charge in [0.1, 0.15) is 5.82 Å². The Bertz CT molecular complexity index is 1750. The molecule has 0 spiro atoms. The van der Waals surface area contributed by atoms with Crippen LogP contribution in [0.15, 0.2) is 89.2 Å². The summed E-state index contributed by atoms with van der Waals surface area (Å²) in [7, 11) is 1.29. The molecule has 2 atom stereocenters. The standard InChI is InChI=1S/C33H29F5N2O2S/c1-4-16-32(39,20-10-6-5-7-11-20)27-18-43-31-22(17-23-24(33(36,37)38)13-9-14-25(23)34)19(2)28(30(41)40(27)31)21-12-8-15-26(42-3)29(21)35/h4-15,27H,1,16-18,39H2,2-3H3. The van der Waals surface area contributed by atoms with Crippen LogP contribution in [-0.4, -0.2) is 17.4 Å². The SMILES string of the molecule is C=CCC(N)(c1ccccc1)C1CSc2c(Cc3c(F)cccc3C(F)(F)F)c(C)c(-c3cccc(OC)c3F)c(=O)n21. The number of nitrogens with zero attached hydrogens (tertiary/aromatic N) is 1. The van der Waals surface area contributed by atoms with E-state index < -0.39 is 52.5 Å². The zero-order valence-corrected chi connectivity index (χ0v) is 24.3. The van der Waals surface area contributed by atoms with Crippen LogP contribution in [-0.2, 0) is 18.1 Å². The molecule has 0 bridgehead atoms. The van der Waals surface area contributed by atoms with Crippen LogP contribution < -0.4 is 16.0 Å². The van der Waals surface area contributed by atoms with Crippen LogP contribution in [0, 0.1) is 18.6 Å². The fourth-order valence-corrected chi connectivity index (χ4v) is 7.39. The minimum Gasteiger partial charge on any atom is -0.494 e. The van der Waals surface area contributed by atoms with Gasteiger partial charge in [-0.05, 0) is 48.2 Å². The quantitative estimate of drug-likeness (QED) is 0.163. The van der Waals surface area contributed by atoms with Gasteiger partial charge in [0.25, 0.3) is 5.56 Å². The molecule has 1 aliphatic rings. The van der Waals surface area contributed by atoms with E-state index in [4.69, 9.17) is 10.5 Å². The van der Waals surface area contributed by atoms with E-state index in [1.54, 1.807) is 13.0 Å². The average molecular weight is 613 g/mol. The first-order valence-corrected chi connectivity index (χ1v) is 14.5. The Labute approximate surface area is 250 Å². The van der Waals surface area contributed by atoms with Gasteiger partial charge in [0.05, 0.1) is 34.8 Å². The minimum absolute atomic E-state index is 0.0541. The number of hydrogen-bond donors (Lipinski definition) is 1. The molecule has 0 saturated heterocycles. The van der Waals surface area contributed by atoms with Crippen molar-refractivity contribution in [3.05, 3.63) is 129 Å². The van der Waals surface area contributed by atoms with Gasteiger partial charge in [0.2, 0.25) is 0 Å². The van der Waals surface area contributed by atoms with Crippen LogP contribution in [0.3, 0.4) is 0 Å². The van der Waals surface area contributed by atoms with Crippen LogP contribution in [0.1, 0.15) is 40.3 Å². The van der Waals surface area contributed by atoms with E-state index in [2.05, 4.69) is 6.58 Å². The molecule has 2 unspecified atom stereocenters. The summed E-state index contributed by atoms with van der Waals surface area (Å²) < 4.78 is 79.5. The van der Waals surface area contributed by atoms with E-state index in [1.807, 2.05) is 30.3 Å². The monoisotopic (exact) mass is 612 g/mol. The molecular weight excluding hydrogens is 583 g/mol. The summed E-state index contributed by atoms with van der Waals surface area (Å²) in [5.41, 5.74) is 4.83. The maximum Gasteiger partial charge on any atom is 0.416 e. The van der Waals surface area contributed by atoms with E-state index in [9.17, 15) is 18.0 Å². The zero-order valence-electron chi connectivity index (χ0n) is 23.5. The molecule has 4 nitrogen and oxygen atoms in total. The van der Waals surface area contributed by atoms with Gasteiger partial charge in [-0.1, -0.05) is 54.6 Å². The third-order valence-corrected chi connectivity index (χ3v) is 9.24. The fraction of sp³-hybridized carbons (Fsp3) is 0.242. The van der Waals surface area contributed by atoms with E-state index >= 15 is 8.78 Å². The fourth-order valence-electron chi connectivity index (χ4n) is 5.88. The van der Waals surface area contributed by atoms with Gasteiger partial charge >= 0.3 is 6.18 Å². The number of fused-ring (bicyclic) bond motifs is 1. The van der Waals surface area contributed by atoms with Crippen molar-refractivity contribution in [2.24, 2.45) is 5.73 Å². The zero-order chi connectivity index (χ0) is 31.1. The summed E-state index contributed by atoms with van der Waals surface area (Å²) >= 11 is 1.26. The maximum absolute atomic E-state index is 15.7. The van der Waals surface area contributed by atoms with Crippen molar-refractivity contribution < 1.29 is 26.7 Å². The second-order valence-electron chi connectivity index (χ2n) is 10.4. The summed E-state index contributed by atoms with van der Waals surface area (Å²) in [6.07, 6.45) is -3.38. The number of benzene rings is 3. The highest BCUT2D eigenvalue weighted by atomic mass is 32.2. The molecule has 2 heterocycles. The average Bonchev–Trinajstić information content (AvgIpc) is 3.43. The summed E-state index contributed by atoms with van der Waals surface area (Å²) in [5, 5.41) is 0.366. The van der Waals surface area contributed by atoms with Crippen molar-refractivity contribution in [2.45, 2.75) is 42.5 Å². The number of thioether (sulfide) groups is 1. The van der Waals surface area contributed by atoms with Gasteiger partial charge in [0, 0.05) is 23.3 Å². The van der Waals surface area contributed by atoms with Crippen LogP contribution in [0.25, 0.3) is 11.1 Å². The molecule has 3 aromatic carbocycles. The smallest absolute Gasteiger partial charge is 0.416 e. The Morgan fingerprint density at radius 2 is 1.74 bits per heavy atom. The summed E-state index contributed by atoms with van der Waals surface area (Å²) in [6, 6.07) is 15.6. The van der Waals surface area contributed by atoms with Crippen molar-refractivity contribution in [3.63, 3.8) is 0 Å². The molecule has 43 heavy (non-hydrogen) atoms. The Hall–Kier alpha value is -3.89. The van der Waals surface area contributed by atoms with Crippen molar-refractivity contribution >= 4 is 11.8 Å². The number of pyridine rings is 1. The Morgan fingerprint density at radius 3 is 2.40 bits per heavy atom. The van der Waals surface area contributed by atoms with Gasteiger partial charge in [-0.2, -0.15) is 13.2 Å². The van der Waals surface area contributed by atoms with Crippen LogP contribution >= 0.6 is 11.8 Å². The third kappa shape index (κ3) is 5.27. The number of ether oxygens (including phenoxy) is 1. The third-order valence-electron chi connectivity index (χ3n) is 8.05. The molecule has 0 saturated carbocycles. The Balaban J connectivity index is 1.84. The second kappa shape index (κ2) is 11.7. The molecular formula is C33H29F5N2O2S. The number of halogens is 5. The van der Waals surface area contributed by atoms with E-state index in [0.717, 1.165) is 23.8 Å². The first-order valence-electron chi connectivity index (χ1n) is 13.5. The lowest BCUT2D eigenvalue weighted by Crippen LogP contribution is -2.47. The van der Waals surface area contributed by atoms with Crippen molar-refractivity contribution in [2.75, 3.05) is 12.9 Å². The molecule has 4 aromatic rings. The first kappa shape index (κ1) is 30.6. The topological polar surface area (TPSA) is 57.2 Å². The van der Waals surface area contributed by atoms with Crippen LogP contribution in [0.5, 0.6) is 5.75 Å². The molecule has 5 rings (SSSR count). The number of alkyl halides is 3. The predicted octanol–water partition coefficient (Wildman–Crippen LogP) is 7.80. The Morgan fingerprint density at radius 1 is 1.05 bits per heavy atom. The highest BCUT2D eigenvalue weighted by molar-refractivity contribution is 7.99. The molecule has 224 valence electrons. The minimum atomic E-state index is -4.82. The highest BCUT2D eigenvalue weighted by Gasteiger charge is 2.44. The lowest BCUT2D eigenvalue weighted by Gasteiger charge is -2.36. The largest absolute Gasteiger partial charge is 0.494 e. The maximum atomic E-state index is 15.7. The predicted molar refractivity (Wildman–Crippen MR) is 158 cm³/mol. The summed E-state index contributed by atoms with van der Waals surface area (Å²) in [6.45, 7) is 5.41. The number of methoxy groups -OCH3 is 1. The normalized spacial score (nSPS) is 16.0. The number of rotatable bonds is 8. The number of aromatic nitrogens is 1. The van der Waals surface area contributed by atoms with Crippen molar-refractivity contribution in [3.8, 4) is 16.9 Å². The van der Waals surface area contributed by atoms with Gasteiger partial charge < -0.3 is 10.5 Å². The van der Waals surface area contributed by atoms with Crippen LogP contribution in [0.4, 0.5) is 22.0 Å². The summed E-state index contributed by atoms with van der Waals surface area (Å²) in [4.78, 5) is 14.4. The molecule has 0 aliphatic carbocycles. The van der Waals surface area contributed by atoms with Gasteiger partial charge in [0.15, 0.2) is 11.6 Å². The summed E-state index contributed by atoms with van der Waals surface area (Å²) in [5.74, 6) is -1.63. The van der Waals surface area contributed by atoms with Crippen LogP contribution in [0.2, 0.25) is 0 Å². The first-order chi connectivity index (χ1) is 20.4. The molecule has 0 radical (unpaired) electrons. The number of hydrogen-bond acceptors (Lipinski definition) is 4. The Kier molecular flexibility index (Phi) is 8.28. The lowest BCUT2D eigenvalue weighted by atomic mass is 9.81. The molecule has 10 heteroatoms. The highest BCUT2D eigenvalue weighted by Crippen LogP contribution is 2.47. The van der Waals surface area contributed by atoms with Gasteiger partial charge in [-0.25, -0.2) is 8.78 Å². The number of nitrogens with two attached hydrogens (primary N) is 1. The van der Waals surface area contributed by atoms with E-state index in [1.165, 1.54) is 41.6 Å². The van der Waals surface area contributed by atoms with E-state index in [0.29, 0.717) is 10.8 Å².